The van der Waals surface area contributed by atoms with Crippen molar-refractivity contribution >= 4 is 19.2 Å². The van der Waals surface area contributed by atoms with Gasteiger partial charge in [-0.2, -0.15) is 8.42 Å². The number of rotatable bonds is 7. The lowest BCUT2D eigenvalue weighted by molar-refractivity contribution is 0.242. The summed E-state index contributed by atoms with van der Waals surface area (Å²) in [5, 5.41) is 0. The highest BCUT2D eigenvalue weighted by molar-refractivity contribution is 7.86. The molecule has 0 radical (unpaired) electrons. The van der Waals surface area contributed by atoms with Crippen molar-refractivity contribution in [1.82, 2.24) is 0 Å². The Morgan fingerprint density at radius 3 is 2.12 bits per heavy atom. The summed E-state index contributed by atoms with van der Waals surface area (Å²) in [6, 6.07) is 0. The average Bonchev–Trinajstić information content (AvgIpc) is 2.06. The molecular weight excluding hydrogens is 256 g/mol. The van der Waals surface area contributed by atoms with Gasteiger partial charge in [-0.1, -0.05) is 27.2 Å². The van der Waals surface area contributed by atoms with Crippen LogP contribution in [0.15, 0.2) is 0 Å². The van der Waals surface area contributed by atoms with Crippen molar-refractivity contribution in [3.63, 3.8) is 0 Å². The SMILES string of the molecule is C[SiH](C)OC(CCCCC(C)(C)C)S(=O)(=O)O. The van der Waals surface area contributed by atoms with Crippen LogP contribution in [0.4, 0.5) is 0 Å². The van der Waals surface area contributed by atoms with E-state index in [0.717, 1.165) is 19.3 Å². The quantitative estimate of drug-likeness (QED) is 0.443. The molecule has 0 fully saturated rings. The molecule has 0 saturated heterocycles. The van der Waals surface area contributed by atoms with Crippen LogP contribution in [0.25, 0.3) is 0 Å². The van der Waals surface area contributed by atoms with Crippen LogP contribution < -0.4 is 0 Å². The lowest BCUT2D eigenvalue weighted by Crippen LogP contribution is -2.28. The summed E-state index contributed by atoms with van der Waals surface area (Å²) in [6.45, 7) is 10.3. The van der Waals surface area contributed by atoms with Crippen LogP contribution in [0.5, 0.6) is 0 Å². The molecule has 0 aromatic rings. The second-order valence-electron chi connectivity index (χ2n) is 5.94. The van der Waals surface area contributed by atoms with E-state index in [1.165, 1.54) is 0 Å². The van der Waals surface area contributed by atoms with Gasteiger partial charge in [0, 0.05) is 0 Å². The minimum Gasteiger partial charge on any atom is -0.403 e. The molecule has 17 heavy (non-hydrogen) atoms. The normalized spacial score (nSPS) is 15.2. The highest BCUT2D eigenvalue weighted by Crippen LogP contribution is 2.23. The standard InChI is InChI=1S/C11H26O4SSi/c1-11(2,3)9-7-6-8-10(15-17(4)5)16(12,13)14/h10,17H,6-9H2,1-5H3,(H,12,13,14). The zero-order valence-corrected chi connectivity index (χ0v) is 13.5. The first-order chi connectivity index (χ1) is 7.52. The van der Waals surface area contributed by atoms with Crippen LogP contribution in [0.1, 0.15) is 46.5 Å². The molecule has 0 amide bonds. The molecule has 0 aliphatic heterocycles. The molecule has 6 heteroatoms. The van der Waals surface area contributed by atoms with Crippen LogP contribution >= 0.6 is 0 Å². The first-order valence-electron chi connectivity index (χ1n) is 6.14. The van der Waals surface area contributed by atoms with Gasteiger partial charge in [-0.05, 0) is 37.8 Å². The summed E-state index contributed by atoms with van der Waals surface area (Å²) >= 11 is 0. The summed E-state index contributed by atoms with van der Waals surface area (Å²) in [5.41, 5.74) is -0.754. The molecule has 1 N–H and O–H groups in total. The van der Waals surface area contributed by atoms with E-state index >= 15 is 0 Å². The Labute approximate surface area is 107 Å². The van der Waals surface area contributed by atoms with Gasteiger partial charge in [0.15, 0.2) is 14.5 Å². The second-order valence-corrected chi connectivity index (χ2v) is 9.86. The lowest BCUT2D eigenvalue weighted by Gasteiger charge is -2.20. The molecule has 4 nitrogen and oxygen atoms in total. The van der Waals surface area contributed by atoms with Crippen LogP contribution in [0, 0.1) is 5.41 Å². The number of hydrogen-bond acceptors (Lipinski definition) is 3. The predicted octanol–water partition coefficient (Wildman–Crippen LogP) is 2.81. The van der Waals surface area contributed by atoms with E-state index in [9.17, 15) is 8.42 Å². The Bertz CT molecular complexity index is 306. The Hall–Kier alpha value is 0.0869. The largest absolute Gasteiger partial charge is 0.403 e. The zero-order chi connectivity index (χ0) is 13.7. The van der Waals surface area contributed by atoms with E-state index in [2.05, 4.69) is 20.8 Å². The van der Waals surface area contributed by atoms with E-state index < -0.39 is 24.6 Å². The number of hydrogen-bond donors (Lipinski definition) is 1. The van der Waals surface area contributed by atoms with Crippen molar-refractivity contribution in [2.45, 2.75) is 65.0 Å². The molecule has 0 rings (SSSR count). The van der Waals surface area contributed by atoms with Crippen LogP contribution in [-0.4, -0.2) is 27.4 Å². The molecule has 0 aromatic carbocycles. The molecule has 0 saturated carbocycles. The van der Waals surface area contributed by atoms with Crippen molar-refractivity contribution in [2.75, 3.05) is 0 Å². The summed E-state index contributed by atoms with van der Waals surface area (Å²) < 4.78 is 36.6. The molecule has 104 valence electrons. The fourth-order valence-corrected chi connectivity index (χ4v) is 3.99. The van der Waals surface area contributed by atoms with Gasteiger partial charge in [-0.3, -0.25) is 4.55 Å². The minimum absolute atomic E-state index is 0.265. The Kier molecular flexibility index (Phi) is 6.90. The smallest absolute Gasteiger partial charge is 0.291 e. The molecule has 0 spiro atoms. The summed E-state index contributed by atoms with van der Waals surface area (Å²) in [4.78, 5) is 0. The van der Waals surface area contributed by atoms with Gasteiger partial charge in [-0.15, -0.1) is 0 Å². The van der Waals surface area contributed by atoms with Crippen molar-refractivity contribution in [1.29, 1.82) is 0 Å². The second kappa shape index (κ2) is 6.87. The van der Waals surface area contributed by atoms with Gasteiger partial charge in [0.1, 0.15) is 0 Å². The topological polar surface area (TPSA) is 63.6 Å². The van der Waals surface area contributed by atoms with Gasteiger partial charge >= 0.3 is 0 Å². The maximum absolute atomic E-state index is 11.1. The molecule has 1 unspecified atom stereocenters. The van der Waals surface area contributed by atoms with Gasteiger partial charge in [0.25, 0.3) is 10.1 Å². The first kappa shape index (κ1) is 17.1. The minimum atomic E-state index is -4.06. The summed E-state index contributed by atoms with van der Waals surface area (Å²) in [7, 11) is -5.52. The third-order valence-corrected chi connectivity index (χ3v) is 4.45. The third kappa shape index (κ3) is 9.76. The predicted molar refractivity (Wildman–Crippen MR) is 73.2 cm³/mol. The first-order valence-corrected chi connectivity index (χ1v) is 10.4. The van der Waals surface area contributed by atoms with E-state index in [1.54, 1.807) is 0 Å². The fraction of sp³-hybridized carbons (Fsp3) is 1.00. The summed E-state index contributed by atoms with van der Waals surface area (Å²) in [6.07, 6.45) is 3.16. The van der Waals surface area contributed by atoms with Gasteiger partial charge < -0.3 is 4.43 Å². The van der Waals surface area contributed by atoms with Crippen molar-refractivity contribution in [3.8, 4) is 0 Å². The lowest BCUT2D eigenvalue weighted by atomic mass is 9.89. The van der Waals surface area contributed by atoms with E-state index in [1.807, 2.05) is 13.1 Å². The fourth-order valence-electron chi connectivity index (χ4n) is 1.56. The van der Waals surface area contributed by atoms with Crippen molar-refractivity contribution in [2.24, 2.45) is 5.41 Å². The maximum Gasteiger partial charge on any atom is 0.291 e. The van der Waals surface area contributed by atoms with Crippen molar-refractivity contribution in [3.05, 3.63) is 0 Å². The third-order valence-electron chi connectivity index (χ3n) is 2.37. The van der Waals surface area contributed by atoms with Crippen molar-refractivity contribution < 1.29 is 17.4 Å². The highest BCUT2D eigenvalue weighted by atomic mass is 32.2. The number of unbranched alkanes of at least 4 members (excludes halogenated alkanes) is 1. The Morgan fingerprint density at radius 2 is 1.76 bits per heavy atom. The average molecular weight is 282 g/mol. The molecule has 0 aliphatic carbocycles. The van der Waals surface area contributed by atoms with Crippen LogP contribution in [0.2, 0.25) is 13.1 Å². The highest BCUT2D eigenvalue weighted by Gasteiger charge is 2.24. The van der Waals surface area contributed by atoms with Crippen LogP contribution in [-0.2, 0) is 14.5 Å². The van der Waals surface area contributed by atoms with Crippen LogP contribution in [0.3, 0.4) is 0 Å². The van der Waals surface area contributed by atoms with Gasteiger partial charge in [-0.25, -0.2) is 0 Å². The molecular formula is C11H26O4SSi. The molecule has 0 heterocycles. The van der Waals surface area contributed by atoms with Gasteiger partial charge in [0.05, 0.1) is 0 Å². The molecule has 0 aliphatic rings. The van der Waals surface area contributed by atoms with Gasteiger partial charge in [0.2, 0.25) is 0 Å². The zero-order valence-electron chi connectivity index (χ0n) is 11.6. The Morgan fingerprint density at radius 1 is 1.24 bits per heavy atom. The maximum atomic E-state index is 11.1. The summed E-state index contributed by atoms with van der Waals surface area (Å²) in [5.74, 6) is 0. The van der Waals surface area contributed by atoms with E-state index in [-0.39, 0.29) is 5.41 Å². The van der Waals surface area contributed by atoms with E-state index in [4.69, 9.17) is 8.98 Å². The molecule has 1 atom stereocenters. The van der Waals surface area contributed by atoms with E-state index in [0.29, 0.717) is 6.42 Å². The monoisotopic (exact) mass is 282 g/mol. The Balaban J connectivity index is 4.11. The molecule has 0 bridgehead atoms. The molecule has 0 aromatic heterocycles.